The van der Waals surface area contributed by atoms with Crippen molar-refractivity contribution in [3.8, 4) is 11.5 Å². The molecule has 3 aromatic carbocycles. The highest BCUT2D eigenvalue weighted by Gasteiger charge is 2.26. The van der Waals surface area contributed by atoms with Crippen molar-refractivity contribution < 1.29 is 28.9 Å². The summed E-state index contributed by atoms with van der Waals surface area (Å²) in [6.07, 6.45) is 0. The van der Waals surface area contributed by atoms with Crippen LogP contribution in [0.2, 0.25) is 0 Å². The summed E-state index contributed by atoms with van der Waals surface area (Å²) in [4.78, 5) is 44.9. The first-order valence-corrected chi connectivity index (χ1v) is 9.48. The number of carbonyl (C=O) groups excluding carboxylic acids is 2. The van der Waals surface area contributed by atoms with E-state index in [9.17, 15) is 29.8 Å². The molecule has 11 nitrogen and oxygen atoms in total. The number of nitro benzene ring substituents is 2. The van der Waals surface area contributed by atoms with E-state index in [1.807, 2.05) is 18.2 Å². The molecule has 1 amide bonds. The molecule has 1 N–H and O–H groups in total. The number of nitrogens with one attached hydrogen (secondary N) is 1. The Morgan fingerprint density at radius 2 is 1.42 bits per heavy atom. The highest BCUT2D eigenvalue weighted by molar-refractivity contribution is 5.96. The molecular formula is C22H17N3O8. The fourth-order valence-corrected chi connectivity index (χ4v) is 2.82. The van der Waals surface area contributed by atoms with E-state index in [-0.39, 0.29) is 5.56 Å². The number of hydrogen-bond acceptors (Lipinski definition) is 8. The van der Waals surface area contributed by atoms with Crippen LogP contribution in [0.1, 0.15) is 15.9 Å². The molecule has 3 aromatic rings. The van der Waals surface area contributed by atoms with E-state index in [0.29, 0.717) is 17.2 Å². The SMILES string of the molecule is Cc1c([N+](=O)[O-])cc(C(=O)OCC(=O)Nc2ccc(Oc3ccccc3)cc2)cc1[N+](=O)[O-]. The summed E-state index contributed by atoms with van der Waals surface area (Å²) >= 11 is 0. The third kappa shape index (κ3) is 5.88. The topological polar surface area (TPSA) is 151 Å². The first kappa shape index (κ1) is 22.9. The first-order valence-electron chi connectivity index (χ1n) is 9.48. The number of anilines is 1. The van der Waals surface area contributed by atoms with Gasteiger partial charge >= 0.3 is 5.97 Å². The molecule has 0 aliphatic carbocycles. The number of hydrogen-bond donors (Lipinski definition) is 1. The molecule has 0 aromatic heterocycles. The number of benzene rings is 3. The summed E-state index contributed by atoms with van der Waals surface area (Å²) in [6, 6.07) is 17.3. The molecular weight excluding hydrogens is 434 g/mol. The Bertz CT molecular complexity index is 1180. The Balaban J connectivity index is 1.60. The van der Waals surface area contributed by atoms with Crippen molar-refractivity contribution in [1.29, 1.82) is 0 Å². The zero-order chi connectivity index (χ0) is 24.0. The molecule has 0 saturated carbocycles. The number of nitrogens with zero attached hydrogens (tertiary/aromatic N) is 2. The minimum atomic E-state index is -1.11. The van der Waals surface area contributed by atoms with E-state index in [2.05, 4.69) is 5.32 Å². The van der Waals surface area contributed by atoms with Gasteiger partial charge in [-0.15, -0.1) is 0 Å². The molecule has 168 valence electrons. The maximum atomic E-state index is 12.2. The van der Waals surface area contributed by atoms with Gasteiger partial charge in [0.15, 0.2) is 6.61 Å². The largest absolute Gasteiger partial charge is 0.457 e. The maximum Gasteiger partial charge on any atom is 0.339 e. The molecule has 0 bridgehead atoms. The number of para-hydroxylation sites is 1. The fourth-order valence-electron chi connectivity index (χ4n) is 2.82. The molecule has 0 aliphatic heterocycles. The molecule has 0 radical (unpaired) electrons. The highest BCUT2D eigenvalue weighted by Crippen LogP contribution is 2.29. The second-order valence-corrected chi connectivity index (χ2v) is 6.72. The summed E-state index contributed by atoms with van der Waals surface area (Å²) < 4.78 is 10.5. The predicted octanol–water partition coefficient (Wildman–Crippen LogP) is 4.40. The van der Waals surface area contributed by atoms with Crippen molar-refractivity contribution in [2.75, 3.05) is 11.9 Å². The van der Waals surface area contributed by atoms with Crippen LogP contribution in [0.15, 0.2) is 66.7 Å². The molecule has 0 aliphatic rings. The van der Waals surface area contributed by atoms with Gasteiger partial charge in [0, 0.05) is 17.8 Å². The second kappa shape index (κ2) is 10.0. The summed E-state index contributed by atoms with van der Waals surface area (Å²) in [7, 11) is 0. The van der Waals surface area contributed by atoms with Crippen molar-refractivity contribution >= 4 is 28.9 Å². The third-order valence-electron chi connectivity index (χ3n) is 4.43. The average molecular weight is 451 g/mol. The number of carbonyl (C=O) groups is 2. The smallest absolute Gasteiger partial charge is 0.339 e. The quantitative estimate of drug-likeness (QED) is 0.301. The van der Waals surface area contributed by atoms with Crippen LogP contribution in [0.25, 0.3) is 0 Å². The Morgan fingerprint density at radius 1 is 0.879 bits per heavy atom. The van der Waals surface area contributed by atoms with Crippen molar-refractivity contribution in [3.05, 3.63) is 98.1 Å². The number of rotatable bonds is 8. The standard InChI is InChI=1S/C22H17N3O8/c1-14-19(24(28)29)11-15(12-20(14)25(30)31)22(27)32-13-21(26)23-16-7-9-18(10-8-16)33-17-5-3-2-4-6-17/h2-12H,13H2,1H3,(H,23,26). The molecule has 0 fully saturated rings. The van der Waals surface area contributed by atoms with Crippen molar-refractivity contribution in [2.24, 2.45) is 0 Å². The molecule has 3 rings (SSSR count). The monoisotopic (exact) mass is 451 g/mol. The highest BCUT2D eigenvalue weighted by atomic mass is 16.6. The van der Waals surface area contributed by atoms with Crippen molar-refractivity contribution in [1.82, 2.24) is 0 Å². The first-order chi connectivity index (χ1) is 15.7. The number of nitro groups is 2. The van der Waals surface area contributed by atoms with Crippen LogP contribution in [0.3, 0.4) is 0 Å². The van der Waals surface area contributed by atoms with Crippen LogP contribution < -0.4 is 10.1 Å². The molecule has 0 heterocycles. The zero-order valence-electron chi connectivity index (χ0n) is 17.2. The molecule has 0 unspecified atom stereocenters. The summed E-state index contributed by atoms with van der Waals surface area (Å²) in [5.74, 6) is -0.579. The lowest BCUT2D eigenvalue weighted by molar-refractivity contribution is -0.395. The Morgan fingerprint density at radius 3 is 1.97 bits per heavy atom. The van der Waals surface area contributed by atoms with Gasteiger partial charge in [0.05, 0.1) is 15.4 Å². The minimum Gasteiger partial charge on any atom is -0.457 e. The average Bonchev–Trinajstić information content (AvgIpc) is 2.79. The fraction of sp³-hybridized carbons (Fsp3) is 0.0909. The number of esters is 1. The summed E-state index contributed by atoms with van der Waals surface area (Å²) in [5.41, 5.74) is -1.39. The van der Waals surface area contributed by atoms with Crippen LogP contribution >= 0.6 is 0 Å². The van der Waals surface area contributed by atoms with Crippen LogP contribution in [0.4, 0.5) is 17.1 Å². The lowest BCUT2D eigenvalue weighted by atomic mass is 10.1. The Hall–Kier alpha value is -4.80. The van der Waals surface area contributed by atoms with Crippen LogP contribution in [0, 0.1) is 27.2 Å². The van der Waals surface area contributed by atoms with Gasteiger partial charge in [-0.3, -0.25) is 25.0 Å². The predicted molar refractivity (Wildman–Crippen MR) is 116 cm³/mol. The normalized spacial score (nSPS) is 10.2. The summed E-state index contributed by atoms with van der Waals surface area (Å²) in [5, 5.41) is 24.8. The lowest BCUT2D eigenvalue weighted by Gasteiger charge is -2.09. The number of amides is 1. The van der Waals surface area contributed by atoms with E-state index in [0.717, 1.165) is 12.1 Å². The van der Waals surface area contributed by atoms with Gasteiger partial charge in [-0.05, 0) is 43.3 Å². The van der Waals surface area contributed by atoms with Gasteiger partial charge in [-0.25, -0.2) is 4.79 Å². The molecule has 0 spiro atoms. The zero-order valence-corrected chi connectivity index (χ0v) is 17.2. The van der Waals surface area contributed by atoms with Gasteiger partial charge in [0.25, 0.3) is 17.3 Å². The van der Waals surface area contributed by atoms with Crippen molar-refractivity contribution in [3.63, 3.8) is 0 Å². The molecule has 33 heavy (non-hydrogen) atoms. The molecule has 11 heteroatoms. The van der Waals surface area contributed by atoms with E-state index in [1.54, 1.807) is 36.4 Å². The van der Waals surface area contributed by atoms with Crippen LogP contribution in [-0.2, 0) is 9.53 Å². The minimum absolute atomic E-state index is 0.195. The Labute approximate surface area is 186 Å². The van der Waals surface area contributed by atoms with Gasteiger partial charge < -0.3 is 14.8 Å². The van der Waals surface area contributed by atoms with E-state index >= 15 is 0 Å². The van der Waals surface area contributed by atoms with Crippen molar-refractivity contribution in [2.45, 2.75) is 6.92 Å². The molecule has 0 saturated heterocycles. The van der Waals surface area contributed by atoms with Crippen LogP contribution in [0.5, 0.6) is 11.5 Å². The second-order valence-electron chi connectivity index (χ2n) is 6.72. The maximum absolute atomic E-state index is 12.2. The van der Waals surface area contributed by atoms with Gasteiger partial charge in [0.2, 0.25) is 0 Å². The van der Waals surface area contributed by atoms with E-state index < -0.39 is 45.3 Å². The van der Waals surface area contributed by atoms with Gasteiger partial charge in [-0.2, -0.15) is 0 Å². The number of ether oxygens (including phenoxy) is 2. The lowest BCUT2D eigenvalue weighted by Crippen LogP contribution is -2.21. The van der Waals surface area contributed by atoms with Gasteiger partial charge in [-0.1, -0.05) is 18.2 Å². The van der Waals surface area contributed by atoms with E-state index in [1.165, 1.54) is 6.92 Å². The third-order valence-corrected chi connectivity index (χ3v) is 4.43. The molecule has 0 atom stereocenters. The summed E-state index contributed by atoms with van der Waals surface area (Å²) in [6.45, 7) is 0.506. The van der Waals surface area contributed by atoms with E-state index in [4.69, 9.17) is 9.47 Å². The van der Waals surface area contributed by atoms with Crippen LogP contribution in [-0.4, -0.2) is 28.3 Å². The van der Waals surface area contributed by atoms with Gasteiger partial charge in [0.1, 0.15) is 17.1 Å². The Kier molecular flexibility index (Phi) is 6.94.